The number of amides is 1. The van der Waals surface area contributed by atoms with Crippen molar-refractivity contribution >= 4 is 11.9 Å². The SMILES string of the molecule is C#Cc1ccc(C[C@H](NC(=O)C2CCC3(C2)N=N3)C(=O)OC)cc1. The Balaban J connectivity index is 1.63. The maximum absolute atomic E-state index is 12.5. The fraction of sp³-hybridized carbons (Fsp3) is 0.444. The summed E-state index contributed by atoms with van der Waals surface area (Å²) in [5, 5.41) is 10.9. The van der Waals surface area contributed by atoms with Crippen molar-refractivity contribution in [2.45, 2.75) is 37.4 Å². The van der Waals surface area contributed by atoms with Crippen molar-refractivity contribution in [2.75, 3.05) is 7.11 Å². The fourth-order valence-corrected chi connectivity index (χ4v) is 3.08. The van der Waals surface area contributed by atoms with E-state index in [1.807, 2.05) is 24.3 Å². The number of hydrogen-bond donors (Lipinski definition) is 1. The van der Waals surface area contributed by atoms with Crippen LogP contribution in [0.5, 0.6) is 0 Å². The minimum absolute atomic E-state index is 0.139. The van der Waals surface area contributed by atoms with E-state index in [4.69, 9.17) is 11.2 Å². The standard InChI is InChI=1S/C18H19N3O3/c1-3-12-4-6-13(7-5-12)10-15(17(23)24-2)19-16(22)14-8-9-18(11-14)20-21-18/h1,4-7,14-15H,8-11H2,2H3,(H,19,22)/t14?,15-/m0/s1. The lowest BCUT2D eigenvalue weighted by atomic mass is 10.0. The van der Waals surface area contributed by atoms with Crippen molar-refractivity contribution < 1.29 is 14.3 Å². The molecular formula is C18H19N3O3. The zero-order chi connectivity index (χ0) is 17.2. The molecule has 24 heavy (non-hydrogen) atoms. The van der Waals surface area contributed by atoms with Crippen LogP contribution in [0.2, 0.25) is 0 Å². The lowest BCUT2D eigenvalue weighted by Crippen LogP contribution is -2.45. The number of esters is 1. The summed E-state index contributed by atoms with van der Waals surface area (Å²) in [6.45, 7) is 0. The second-order valence-corrected chi connectivity index (χ2v) is 6.25. The van der Waals surface area contributed by atoms with Crippen molar-refractivity contribution in [3.63, 3.8) is 0 Å². The fourth-order valence-electron chi connectivity index (χ4n) is 3.08. The molecule has 1 spiro atoms. The van der Waals surface area contributed by atoms with Crippen molar-refractivity contribution in [2.24, 2.45) is 16.1 Å². The molecule has 1 aliphatic heterocycles. The Kier molecular flexibility index (Phi) is 4.34. The third kappa shape index (κ3) is 3.46. The van der Waals surface area contributed by atoms with E-state index >= 15 is 0 Å². The highest BCUT2D eigenvalue weighted by atomic mass is 16.5. The normalized spacial score (nSPS) is 21.1. The van der Waals surface area contributed by atoms with E-state index in [0.717, 1.165) is 24.0 Å². The molecule has 124 valence electrons. The highest BCUT2D eigenvalue weighted by Crippen LogP contribution is 2.46. The van der Waals surface area contributed by atoms with Gasteiger partial charge >= 0.3 is 5.97 Å². The van der Waals surface area contributed by atoms with Crippen molar-refractivity contribution in [1.29, 1.82) is 0 Å². The first-order valence-electron chi connectivity index (χ1n) is 7.93. The van der Waals surface area contributed by atoms with Gasteiger partial charge in [-0.3, -0.25) is 4.79 Å². The van der Waals surface area contributed by atoms with E-state index < -0.39 is 12.0 Å². The lowest BCUT2D eigenvalue weighted by Gasteiger charge is -2.19. The summed E-state index contributed by atoms with van der Waals surface area (Å²) in [6.07, 6.45) is 7.87. The molecule has 1 amide bonds. The number of nitrogens with one attached hydrogen (secondary N) is 1. The second-order valence-electron chi connectivity index (χ2n) is 6.25. The maximum Gasteiger partial charge on any atom is 0.328 e. The minimum atomic E-state index is -0.719. The van der Waals surface area contributed by atoms with Crippen LogP contribution in [0.15, 0.2) is 34.5 Å². The number of carbonyl (C=O) groups excluding carboxylic acids is 2. The third-order valence-corrected chi connectivity index (χ3v) is 4.58. The molecule has 1 unspecified atom stereocenters. The molecule has 6 nitrogen and oxygen atoms in total. The van der Waals surface area contributed by atoms with Gasteiger partial charge < -0.3 is 10.1 Å². The Morgan fingerprint density at radius 2 is 2.12 bits per heavy atom. The van der Waals surface area contributed by atoms with E-state index in [-0.39, 0.29) is 17.5 Å². The van der Waals surface area contributed by atoms with Crippen LogP contribution in [0.25, 0.3) is 0 Å². The van der Waals surface area contributed by atoms with Crippen LogP contribution in [-0.4, -0.2) is 30.7 Å². The average molecular weight is 325 g/mol. The van der Waals surface area contributed by atoms with Crippen LogP contribution in [-0.2, 0) is 20.7 Å². The molecule has 1 aromatic rings. The number of nitrogens with zero attached hydrogens (tertiary/aromatic N) is 2. The molecule has 0 aromatic heterocycles. The van der Waals surface area contributed by atoms with Crippen LogP contribution >= 0.6 is 0 Å². The number of methoxy groups -OCH3 is 1. The number of carbonyl (C=O) groups is 2. The van der Waals surface area contributed by atoms with Gasteiger partial charge in [0.2, 0.25) is 5.91 Å². The molecule has 1 aromatic carbocycles. The van der Waals surface area contributed by atoms with E-state index in [9.17, 15) is 9.59 Å². The summed E-state index contributed by atoms with van der Waals surface area (Å²) in [6, 6.07) is 6.60. The van der Waals surface area contributed by atoms with Gasteiger partial charge in [-0.05, 0) is 30.5 Å². The molecule has 1 aliphatic carbocycles. The molecule has 1 N–H and O–H groups in total. The zero-order valence-electron chi connectivity index (χ0n) is 13.5. The highest BCUT2D eigenvalue weighted by Gasteiger charge is 2.49. The van der Waals surface area contributed by atoms with Crippen molar-refractivity contribution in [1.82, 2.24) is 5.32 Å². The summed E-state index contributed by atoms with van der Waals surface area (Å²) in [5.41, 5.74) is 1.36. The molecule has 0 bridgehead atoms. The topological polar surface area (TPSA) is 80.1 Å². The van der Waals surface area contributed by atoms with Gasteiger partial charge in [-0.2, -0.15) is 10.2 Å². The Labute approximate surface area is 140 Å². The molecular weight excluding hydrogens is 306 g/mol. The molecule has 1 saturated carbocycles. The van der Waals surface area contributed by atoms with Crippen LogP contribution in [0.3, 0.4) is 0 Å². The molecule has 0 saturated heterocycles. The lowest BCUT2D eigenvalue weighted by molar-refractivity contribution is -0.145. The van der Waals surface area contributed by atoms with E-state index in [2.05, 4.69) is 21.5 Å². The summed E-state index contributed by atoms with van der Waals surface area (Å²) in [7, 11) is 1.31. The first kappa shape index (κ1) is 16.2. The molecule has 1 fully saturated rings. The van der Waals surface area contributed by atoms with Crippen molar-refractivity contribution in [3.05, 3.63) is 35.4 Å². The van der Waals surface area contributed by atoms with Gasteiger partial charge in [0.1, 0.15) is 6.04 Å². The summed E-state index contributed by atoms with van der Waals surface area (Å²) >= 11 is 0. The minimum Gasteiger partial charge on any atom is -0.467 e. The van der Waals surface area contributed by atoms with Crippen LogP contribution in [0, 0.1) is 18.3 Å². The Morgan fingerprint density at radius 3 is 2.67 bits per heavy atom. The number of benzene rings is 1. The Bertz CT molecular complexity index is 712. The third-order valence-electron chi connectivity index (χ3n) is 4.58. The van der Waals surface area contributed by atoms with Crippen LogP contribution in [0.4, 0.5) is 0 Å². The van der Waals surface area contributed by atoms with Gasteiger partial charge in [-0.1, -0.05) is 18.1 Å². The van der Waals surface area contributed by atoms with Gasteiger partial charge in [0.25, 0.3) is 0 Å². The predicted molar refractivity (Wildman–Crippen MR) is 87.0 cm³/mol. The van der Waals surface area contributed by atoms with Gasteiger partial charge in [0.15, 0.2) is 5.66 Å². The number of hydrogen-bond acceptors (Lipinski definition) is 5. The Morgan fingerprint density at radius 1 is 1.42 bits per heavy atom. The van der Waals surface area contributed by atoms with E-state index in [1.165, 1.54) is 7.11 Å². The predicted octanol–water partition coefficient (Wildman–Crippen LogP) is 1.83. The van der Waals surface area contributed by atoms with E-state index in [0.29, 0.717) is 12.8 Å². The quantitative estimate of drug-likeness (QED) is 0.662. The van der Waals surface area contributed by atoms with Gasteiger partial charge in [0.05, 0.1) is 7.11 Å². The molecule has 3 rings (SSSR count). The first-order chi connectivity index (χ1) is 11.5. The number of terminal acetylenes is 1. The van der Waals surface area contributed by atoms with E-state index in [1.54, 1.807) is 0 Å². The first-order valence-corrected chi connectivity index (χ1v) is 7.93. The smallest absolute Gasteiger partial charge is 0.328 e. The summed E-state index contributed by atoms with van der Waals surface area (Å²) in [4.78, 5) is 24.5. The van der Waals surface area contributed by atoms with Crippen LogP contribution in [0.1, 0.15) is 30.4 Å². The van der Waals surface area contributed by atoms with Crippen molar-refractivity contribution in [3.8, 4) is 12.3 Å². The summed E-state index contributed by atoms with van der Waals surface area (Å²) < 4.78 is 4.82. The molecule has 0 radical (unpaired) electrons. The van der Waals surface area contributed by atoms with Gasteiger partial charge in [-0.15, -0.1) is 6.42 Å². The zero-order valence-corrected chi connectivity index (χ0v) is 13.5. The monoisotopic (exact) mass is 325 g/mol. The molecule has 1 heterocycles. The number of rotatable bonds is 5. The maximum atomic E-state index is 12.5. The molecule has 6 heteroatoms. The highest BCUT2D eigenvalue weighted by molar-refractivity contribution is 5.86. The van der Waals surface area contributed by atoms with Gasteiger partial charge in [0, 0.05) is 24.3 Å². The van der Waals surface area contributed by atoms with Crippen LogP contribution < -0.4 is 5.32 Å². The molecule has 2 aliphatic rings. The largest absolute Gasteiger partial charge is 0.467 e. The number of ether oxygens (including phenoxy) is 1. The Hall–Kier alpha value is -2.68. The second kappa shape index (κ2) is 6.44. The van der Waals surface area contributed by atoms with Gasteiger partial charge in [-0.25, -0.2) is 4.79 Å². The average Bonchev–Trinajstić information content (AvgIpc) is 3.22. The summed E-state index contributed by atoms with van der Waals surface area (Å²) in [5.74, 6) is 1.79. The molecule has 2 atom stereocenters.